The van der Waals surface area contributed by atoms with Crippen molar-refractivity contribution in [3.63, 3.8) is 0 Å². The monoisotopic (exact) mass is 262 g/mol. The average molecular weight is 262 g/mol. The van der Waals surface area contributed by atoms with Crippen LogP contribution in [0.1, 0.15) is 61.5 Å². The Hall–Kier alpha value is -1.35. The van der Waals surface area contributed by atoms with Crippen LogP contribution >= 0.6 is 0 Å². The lowest BCUT2D eigenvalue weighted by molar-refractivity contribution is 0.0961. The zero-order chi connectivity index (χ0) is 14.1. The molecule has 2 N–H and O–H groups in total. The van der Waals surface area contributed by atoms with Gasteiger partial charge in [-0.05, 0) is 31.0 Å². The number of hydrogen-bond donors (Lipinski definition) is 2. The van der Waals surface area contributed by atoms with Gasteiger partial charge in [0.1, 0.15) is 0 Å². The van der Waals surface area contributed by atoms with E-state index in [0.717, 1.165) is 30.5 Å². The number of nitrogens with one attached hydrogen (secondary N) is 2. The van der Waals surface area contributed by atoms with E-state index in [4.69, 9.17) is 0 Å². The van der Waals surface area contributed by atoms with E-state index in [0.29, 0.717) is 0 Å². The molecule has 1 aromatic carbocycles. The highest BCUT2D eigenvalue weighted by Gasteiger charge is 2.17. The molecule has 1 atom stereocenters. The van der Waals surface area contributed by atoms with Crippen molar-refractivity contribution in [2.75, 3.05) is 13.6 Å². The highest BCUT2D eigenvalue weighted by molar-refractivity contribution is 5.95. The maximum absolute atomic E-state index is 11.9. The van der Waals surface area contributed by atoms with Gasteiger partial charge in [-0.1, -0.05) is 44.9 Å². The summed E-state index contributed by atoms with van der Waals surface area (Å²) in [7, 11) is 1.68. The van der Waals surface area contributed by atoms with Crippen LogP contribution in [0, 0.1) is 0 Å². The fraction of sp³-hybridized carbons (Fsp3) is 0.562. The van der Waals surface area contributed by atoms with Gasteiger partial charge in [-0.2, -0.15) is 0 Å². The standard InChI is InChI=1S/C16H26N2O/c1-4-6-12-18-15(9-5-2)13-10-7-8-11-14(13)16(19)17-3/h7-8,10-11,15,18H,4-6,9,12H2,1-3H3,(H,17,19). The Bertz CT molecular complexity index is 390. The molecular weight excluding hydrogens is 236 g/mol. The van der Waals surface area contributed by atoms with Gasteiger partial charge in [0, 0.05) is 18.7 Å². The molecule has 106 valence electrons. The van der Waals surface area contributed by atoms with E-state index in [9.17, 15) is 4.79 Å². The quantitative estimate of drug-likeness (QED) is 0.706. The second-order valence-electron chi connectivity index (χ2n) is 4.82. The zero-order valence-electron chi connectivity index (χ0n) is 12.3. The third-order valence-electron chi connectivity index (χ3n) is 3.31. The van der Waals surface area contributed by atoms with Crippen molar-refractivity contribution in [3.8, 4) is 0 Å². The van der Waals surface area contributed by atoms with E-state index in [1.807, 2.05) is 18.2 Å². The van der Waals surface area contributed by atoms with Crippen LogP contribution < -0.4 is 10.6 Å². The molecule has 1 unspecified atom stereocenters. The van der Waals surface area contributed by atoms with E-state index >= 15 is 0 Å². The maximum atomic E-state index is 11.9. The first-order valence-corrected chi connectivity index (χ1v) is 7.28. The zero-order valence-corrected chi connectivity index (χ0v) is 12.3. The topological polar surface area (TPSA) is 41.1 Å². The third kappa shape index (κ3) is 4.67. The summed E-state index contributed by atoms with van der Waals surface area (Å²) in [5, 5.41) is 6.30. The van der Waals surface area contributed by atoms with Crippen molar-refractivity contribution in [1.29, 1.82) is 0 Å². The van der Waals surface area contributed by atoms with Crippen molar-refractivity contribution in [1.82, 2.24) is 10.6 Å². The van der Waals surface area contributed by atoms with Crippen molar-refractivity contribution >= 4 is 5.91 Å². The summed E-state index contributed by atoms with van der Waals surface area (Å²) in [6.45, 7) is 5.37. The van der Waals surface area contributed by atoms with Gasteiger partial charge in [0.25, 0.3) is 5.91 Å². The van der Waals surface area contributed by atoms with Gasteiger partial charge < -0.3 is 10.6 Å². The Morgan fingerprint density at radius 2 is 1.95 bits per heavy atom. The van der Waals surface area contributed by atoms with Crippen LogP contribution in [-0.2, 0) is 0 Å². The summed E-state index contributed by atoms with van der Waals surface area (Å²) in [5.41, 5.74) is 1.90. The Labute approximate surface area is 116 Å². The molecule has 0 heterocycles. The van der Waals surface area contributed by atoms with Crippen LogP contribution in [0.3, 0.4) is 0 Å². The minimum atomic E-state index is -0.00556. The minimum absolute atomic E-state index is 0.00556. The first-order chi connectivity index (χ1) is 9.24. The number of amides is 1. The Morgan fingerprint density at radius 3 is 2.58 bits per heavy atom. The smallest absolute Gasteiger partial charge is 0.251 e. The molecule has 0 aliphatic carbocycles. The van der Waals surface area contributed by atoms with Gasteiger partial charge in [0.05, 0.1) is 0 Å². The van der Waals surface area contributed by atoms with Crippen molar-refractivity contribution in [2.45, 2.75) is 45.6 Å². The summed E-state index contributed by atoms with van der Waals surface area (Å²) < 4.78 is 0. The Kier molecular flexibility index (Phi) is 7.19. The van der Waals surface area contributed by atoms with Crippen LogP contribution in [0.25, 0.3) is 0 Å². The van der Waals surface area contributed by atoms with Crippen LogP contribution in [-0.4, -0.2) is 19.5 Å². The highest BCUT2D eigenvalue weighted by atomic mass is 16.1. The molecule has 1 aromatic rings. The molecule has 0 radical (unpaired) electrons. The van der Waals surface area contributed by atoms with Gasteiger partial charge in [0.2, 0.25) is 0 Å². The normalized spacial score (nSPS) is 12.2. The second kappa shape index (κ2) is 8.70. The van der Waals surface area contributed by atoms with Gasteiger partial charge in [-0.3, -0.25) is 4.79 Å². The molecule has 0 aliphatic rings. The number of carbonyl (C=O) groups excluding carboxylic acids is 1. The number of rotatable bonds is 8. The molecule has 1 rings (SSSR count). The molecule has 3 nitrogen and oxygen atoms in total. The molecule has 1 amide bonds. The molecule has 19 heavy (non-hydrogen) atoms. The summed E-state index contributed by atoms with van der Waals surface area (Å²) >= 11 is 0. The molecule has 0 saturated carbocycles. The lowest BCUT2D eigenvalue weighted by Crippen LogP contribution is -2.26. The summed E-state index contributed by atoms with van der Waals surface area (Å²) in [4.78, 5) is 11.9. The van der Waals surface area contributed by atoms with Gasteiger partial charge in [-0.15, -0.1) is 0 Å². The van der Waals surface area contributed by atoms with Crippen LogP contribution in [0.15, 0.2) is 24.3 Å². The predicted molar refractivity (Wildman–Crippen MR) is 80.4 cm³/mol. The lowest BCUT2D eigenvalue weighted by Gasteiger charge is -2.21. The second-order valence-corrected chi connectivity index (χ2v) is 4.82. The Balaban J connectivity index is 2.91. The van der Waals surface area contributed by atoms with Crippen LogP contribution in [0.4, 0.5) is 0 Å². The molecule has 0 saturated heterocycles. The highest BCUT2D eigenvalue weighted by Crippen LogP contribution is 2.22. The Morgan fingerprint density at radius 1 is 1.21 bits per heavy atom. The average Bonchev–Trinajstić information content (AvgIpc) is 2.46. The van der Waals surface area contributed by atoms with E-state index < -0.39 is 0 Å². The first-order valence-electron chi connectivity index (χ1n) is 7.28. The van der Waals surface area contributed by atoms with Crippen LogP contribution in [0.5, 0.6) is 0 Å². The summed E-state index contributed by atoms with van der Waals surface area (Å²) in [5.74, 6) is -0.00556. The number of carbonyl (C=O) groups is 1. The van der Waals surface area contributed by atoms with Crippen LogP contribution in [0.2, 0.25) is 0 Å². The maximum Gasteiger partial charge on any atom is 0.251 e. The molecule has 3 heteroatoms. The van der Waals surface area contributed by atoms with Gasteiger partial charge in [-0.25, -0.2) is 0 Å². The van der Waals surface area contributed by atoms with E-state index in [-0.39, 0.29) is 11.9 Å². The fourth-order valence-electron chi connectivity index (χ4n) is 2.25. The van der Waals surface area contributed by atoms with Crippen molar-refractivity contribution in [2.24, 2.45) is 0 Å². The van der Waals surface area contributed by atoms with Crippen molar-refractivity contribution < 1.29 is 4.79 Å². The SMILES string of the molecule is CCCCNC(CCC)c1ccccc1C(=O)NC. The van der Waals surface area contributed by atoms with E-state index in [2.05, 4.69) is 30.5 Å². The number of hydrogen-bond acceptors (Lipinski definition) is 2. The predicted octanol–water partition coefficient (Wildman–Crippen LogP) is 3.28. The molecule has 0 bridgehead atoms. The van der Waals surface area contributed by atoms with Gasteiger partial charge >= 0.3 is 0 Å². The van der Waals surface area contributed by atoms with E-state index in [1.165, 1.54) is 12.8 Å². The number of benzene rings is 1. The summed E-state index contributed by atoms with van der Waals surface area (Å²) in [6.07, 6.45) is 4.51. The number of unbranched alkanes of at least 4 members (excludes halogenated alkanes) is 1. The molecule has 0 aromatic heterocycles. The van der Waals surface area contributed by atoms with Crippen molar-refractivity contribution in [3.05, 3.63) is 35.4 Å². The molecule has 0 fully saturated rings. The molecule has 0 aliphatic heterocycles. The lowest BCUT2D eigenvalue weighted by atomic mass is 9.96. The third-order valence-corrected chi connectivity index (χ3v) is 3.31. The first kappa shape index (κ1) is 15.7. The molecular formula is C16H26N2O. The fourth-order valence-corrected chi connectivity index (χ4v) is 2.25. The largest absolute Gasteiger partial charge is 0.355 e. The van der Waals surface area contributed by atoms with E-state index in [1.54, 1.807) is 7.05 Å². The minimum Gasteiger partial charge on any atom is -0.355 e. The summed E-state index contributed by atoms with van der Waals surface area (Å²) in [6, 6.07) is 8.15. The molecule has 0 spiro atoms. The van der Waals surface area contributed by atoms with Gasteiger partial charge in [0.15, 0.2) is 0 Å².